The van der Waals surface area contributed by atoms with Crippen LogP contribution in [-0.2, 0) is 0 Å². The highest BCUT2D eigenvalue weighted by atomic mass is 31.1. The average Bonchev–Trinajstić information content (AvgIpc) is 3.08. The molecule has 0 aliphatic heterocycles. The van der Waals surface area contributed by atoms with Crippen molar-refractivity contribution in [2.75, 3.05) is 0 Å². The molecule has 0 aliphatic rings. The summed E-state index contributed by atoms with van der Waals surface area (Å²) in [5, 5.41) is 4.19. The molecular formula is C38H29O4P. The van der Waals surface area contributed by atoms with E-state index in [1.807, 2.05) is 12.1 Å². The van der Waals surface area contributed by atoms with Crippen molar-refractivity contribution in [3.05, 3.63) is 187 Å². The number of ether oxygens (including phenoxy) is 2. The molecule has 4 nitrogen and oxygen atoms in total. The van der Waals surface area contributed by atoms with Gasteiger partial charge in [0.05, 0.1) is 11.1 Å². The predicted molar refractivity (Wildman–Crippen MR) is 174 cm³/mol. The summed E-state index contributed by atoms with van der Waals surface area (Å²) in [5.74, 6) is -0.397. The zero-order valence-electron chi connectivity index (χ0n) is 23.3. The number of rotatable bonds is 7. The third kappa shape index (κ3) is 8.13. The highest BCUT2D eigenvalue weighted by Crippen LogP contribution is 2.32. The van der Waals surface area contributed by atoms with Crippen LogP contribution in [0.1, 0.15) is 20.7 Å². The number of esters is 2. The second-order valence-corrected chi connectivity index (χ2v) is 11.5. The summed E-state index contributed by atoms with van der Waals surface area (Å²) >= 11 is 0. The van der Waals surface area contributed by atoms with Crippen LogP contribution in [0.15, 0.2) is 176 Å². The molecule has 6 aromatic carbocycles. The molecule has 0 amide bonds. The highest BCUT2D eigenvalue weighted by molar-refractivity contribution is 7.79. The normalized spacial score (nSPS) is 10.3. The molecule has 0 radical (unpaired) electrons. The van der Waals surface area contributed by atoms with Gasteiger partial charge in [-0.05, 0) is 60.2 Å². The largest absolute Gasteiger partial charge is 0.423 e. The monoisotopic (exact) mass is 580 g/mol. The molecular weight excluding hydrogens is 551 g/mol. The first-order valence-electron chi connectivity index (χ1n) is 13.8. The minimum Gasteiger partial charge on any atom is -0.423 e. The van der Waals surface area contributed by atoms with Gasteiger partial charge in [-0.15, -0.1) is 0 Å². The standard InChI is InChI=1S/C20H14O4.C18H15P/c21-19(23-15-9-3-1-4-10-15)17-13-7-8-14-18(17)20(22)24-16-11-5-2-6-12-16;1-4-10-16(11-5-1)19(17-12-6-2-7-13-17)18-14-8-3-9-15-18/h1-14H;1-15H. The fourth-order valence-corrected chi connectivity index (χ4v) is 6.62. The van der Waals surface area contributed by atoms with E-state index in [2.05, 4.69) is 91.0 Å². The molecule has 0 bridgehead atoms. The van der Waals surface area contributed by atoms with Gasteiger partial charge >= 0.3 is 11.9 Å². The summed E-state index contributed by atoms with van der Waals surface area (Å²) in [4.78, 5) is 24.7. The van der Waals surface area contributed by atoms with Gasteiger partial charge in [0.1, 0.15) is 11.5 Å². The summed E-state index contributed by atoms with van der Waals surface area (Å²) < 4.78 is 10.6. The van der Waals surface area contributed by atoms with E-state index in [1.54, 1.807) is 60.7 Å². The van der Waals surface area contributed by atoms with Crippen LogP contribution in [0.5, 0.6) is 11.5 Å². The number of carbonyl (C=O) groups excluding carboxylic acids is 2. The predicted octanol–water partition coefficient (Wildman–Crippen LogP) is 7.57. The Morgan fingerprint density at radius 1 is 0.349 bits per heavy atom. The zero-order valence-corrected chi connectivity index (χ0v) is 24.2. The summed E-state index contributed by atoms with van der Waals surface area (Å²) in [6.45, 7) is 0. The maximum absolute atomic E-state index is 12.4. The van der Waals surface area contributed by atoms with Gasteiger partial charge in [0, 0.05) is 0 Å². The van der Waals surface area contributed by atoms with Crippen LogP contribution in [-0.4, -0.2) is 11.9 Å². The van der Waals surface area contributed by atoms with E-state index in [9.17, 15) is 9.59 Å². The van der Waals surface area contributed by atoms with Crippen LogP contribution in [0.25, 0.3) is 0 Å². The second kappa shape index (κ2) is 15.1. The Labute approximate surface area is 253 Å². The van der Waals surface area contributed by atoms with Gasteiger partial charge < -0.3 is 9.47 Å². The Hall–Kier alpha value is -5.31. The summed E-state index contributed by atoms with van der Waals surface area (Å²) in [6, 6.07) is 56.1. The van der Waals surface area contributed by atoms with Crippen LogP contribution < -0.4 is 25.4 Å². The molecule has 0 atom stereocenters. The third-order valence-corrected chi connectivity index (χ3v) is 8.76. The molecule has 5 heteroatoms. The third-order valence-electron chi connectivity index (χ3n) is 6.32. The zero-order chi connectivity index (χ0) is 29.7. The lowest BCUT2D eigenvalue weighted by Crippen LogP contribution is -2.20. The molecule has 0 unspecified atom stereocenters. The summed E-state index contributed by atoms with van der Waals surface area (Å²) in [5.41, 5.74) is 0.310. The Bertz CT molecular complexity index is 1560. The van der Waals surface area contributed by atoms with Crippen LogP contribution in [0, 0.1) is 0 Å². The Morgan fingerprint density at radius 3 is 0.907 bits per heavy atom. The van der Waals surface area contributed by atoms with E-state index in [0.29, 0.717) is 11.5 Å². The molecule has 6 aromatic rings. The first-order chi connectivity index (χ1) is 21.2. The van der Waals surface area contributed by atoms with Crippen LogP contribution in [0.3, 0.4) is 0 Å². The molecule has 6 rings (SSSR count). The summed E-state index contributed by atoms with van der Waals surface area (Å²) in [7, 11) is -0.446. The van der Waals surface area contributed by atoms with Crippen molar-refractivity contribution in [3.8, 4) is 11.5 Å². The second-order valence-electron chi connectivity index (χ2n) is 9.29. The van der Waals surface area contributed by atoms with Gasteiger partial charge in [-0.2, -0.15) is 0 Å². The lowest BCUT2D eigenvalue weighted by molar-refractivity contribution is 0.0692. The van der Waals surface area contributed by atoms with Gasteiger partial charge in [0.15, 0.2) is 0 Å². The van der Waals surface area contributed by atoms with Crippen molar-refractivity contribution in [1.82, 2.24) is 0 Å². The summed E-state index contributed by atoms with van der Waals surface area (Å²) in [6.07, 6.45) is 0. The minimum atomic E-state index is -0.609. The van der Waals surface area contributed by atoms with Crippen molar-refractivity contribution < 1.29 is 19.1 Å². The minimum absolute atomic E-state index is 0.155. The number of hydrogen-bond donors (Lipinski definition) is 0. The van der Waals surface area contributed by atoms with Crippen molar-refractivity contribution >= 4 is 35.8 Å². The van der Waals surface area contributed by atoms with Gasteiger partial charge in [0.2, 0.25) is 0 Å². The lowest BCUT2D eigenvalue weighted by Gasteiger charge is -2.18. The molecule has 0 N–H and O–H groups in total. The van der Waals surface area contributed by atoms with E-state index in [1.165, 1.54) is 28.0 Å². The Morgan fingerprint density at radius 2 is 0.605 bits per heavy atom. The van der Waals surface area contributed by atoms with E-state index in [-0.39, 0.29) is 11.1 Å². The molecule has 43 heavy (non-hydrogen) atoms. The van der Waals surface area contributed by atoms with Gasteiger partial charge in [-0.3, -0.25) is 0 Å². The van der Waals surface area contributed by atoms with Crippen LogP contribution in [0.2, 0.25) is 0 Å². The quantitative estimate of drug-likeness (QED) is 0.111. The maximum Gasteiger partial charge on any atom is 0.344 e. The average molecular weight is 581 g/mol. The van der Waals surface area contributed by atoms with E-state index in [4.69, 9.17) is 9.47 Å². The maximum atomic E-state index is 12.4. The van der Waals surface area contributed by atoms with Crippen molar-refractivity contribution in [2.24, 2.45) is 0 Å². The molecule has 0 aliphatic carbocycles. The van der Waals surface area contributed by atoms with Gasteiger partial charge in [0.25, 0.3) is 0 Å². The molecule has 0 fully saturated rings. The molecule has 0 heterocycles. The van der Waals surface area contributed by atoms with Crippen molar-refractivity contribution in [1.29, 1.82) is 0 Å². The van der Waals surface area contributed by atoms with E-state index >= 15 is 0 Å². The fraction of sp³-hybridized carbons (Fsp3) is 0. The molecule has 0 saturated carbocycles. The van der Waals surface area contributed by atoms with E-state index in [0.717, 1.165) is 0 Å². The molecule has 0 saturated heterocycles. The smallest absolute Gasteiger partial charge is 0.344 e. The SMILES string of the molecule is O=C(Oc1ccccc1)c1ccccc1C(=O)Oc1ccccc1.c1ccc(P(c2ccccc2)c2ccccc2)cc1. The number of carbonyl (C=O) groups is 2. The number of para-hydroxylation sites is 2. The van der Waals surface area contributed by atoms with Crippen LogP contribution in [0.4, 0.5) is 0 Å². The Balaban J connectivity index is 0.000000176. The van der Waals surface area contributed by atoms with Gasteiger partial charge in [-0.1, -0.05) is 140 Å². The highest BCUT2D eigenvalue weighted by Gasteiger charge is 2.20. The van der Waals surface area contributed by atoms with Crippen molar-refractivity contribution in [2.45, 2.75) is 0 Å². The Kier molecular flexibility index (Phi) is 10.2. The fourth-order valence-electron chi connectivity index (χ4n) is 4.32. The van der Waals surface area contributed by atoms with E-state index < -0.39 is 19.9 Å². The number of benzene rings is 6. The van der Waals surface area contributed by atoms with Gasteiger partial charge in [-0.25, -0.2) is 9.59 Å². The van der Waals surface area contributed by atoms with Crippen molar-refractivity contribution in [3.63, 3.8) is 0 Å². The topological polar surface area (TPSA) is 52.6 Å². The first-order valence-corrected chi connectivity index (χ1v) is 15.1. The molecule has 0 spiro atoms. The molecule has 210 valence electrons. The molecule has 0 aromatic heterocycles. The number of hydrogen-bond acceptors (Lipinski definition) is 4. The van der Waals surface area contributed by atoms with Crippen LogP contribution >= 0.6 is 7.92 Å². The lowest BCUT2D eigenvalue weighted by atomic mass is 10.1. The first kappa shape index (κ1) is 29.2.